The van der Waals surface area contributed by atoms with E-state index in [9.17, 15) is 9.59 Å². The van der Waals surface area contributed by atoms with Crippen molar-refractivity contribution in [2.45, 2.75) is 58.8 Å². The van der Waals surface area contributed by atoms with Gasteiger partial charge in [-0.05, 0) is 48.8 Å². The second kappa shape index (κ2) is 7.16. The zero-order valence-corrected chi connectivity index (χ0v) is 14.6. The van der Waals surface area contributed by atoms with Crippen LogP contribution in [0.4, 0.5) is 0 Å². The van der Waals surface area contributed by atoms with Crippen molar-refractivity contribution in [3.63, 3.8) is 0 Å². The van der Waals surface area contributed by atoms with Crippen molar-refractivity contribution in [2.75, 3.05) is 6.54 Å². The van der Waals surface area contributed by atoms with Gasteiger partial charge in [0.1, 0.15) is 5.75 Å². The number of esters is 1. The Balaban J connectivity index is 1.77. The molecule has 1 N–H and O–H groups in total. The molecular formula is C19H27NO3. The maximum absolute atomic E-state index is 11.9. The van der Waals surface area contributed by atoms with Crippen LogP contribution in [0.5, 0.6) is 5.75 Å². The number of carbonyl (C=O) groups is 2. The minimum absolute atomic E-state index is 0.0765. The lowest BCUT2D eigenvalue weighted by atomic mass is 9.86. The van der Waals surface area contributed by atoms with E-state index < -0.39 is 0 Å². The van der Waals surface area contributed by atoms with Gasteiger partial charge in [-0.3, -0.25) is 9.59 Å². The van der Waals surface area contributed by atoms with Crippen molar-refractivity contribution in [2.24, 2.45) is 5.92 Å². The van der Waals surface area contributed by atoms with Crippen LogP contribution >= 0.6 is 0 Å². The summed E-state index contributed by atoms with van der Waals surface area (Å²) in [7, 11) is 0. The molecule has 1 aliphatic carbocycles. The minimum atomic E-state index is -0.253. The number of aryl methyl sites for hydroxylation is 1. The van der Waals surface area contributed by atoms with Crippen molar-refractivity contribution in [1.82, 2.24) is 5.32 Å². The molecule has 1 fully saturated rings. The highest BCUT2D eigenvalue weighted by Gasteiger charge is 2.29. The number of hydrogen-bond acceptors (Lipinski definition) is 3. The van der Waals surface area contributed by atoms with Gasteiger partial charge in [-0.1, -0.05) is 32.9 Å². The summed E-state index contributed by atoms with van der Waals surface area (Å²) >= 11 is 0. The molecule has 1 aromatic carbocycles. The summed E-state index contributed by atoms with van der Waals surface area (Å²) in [5.74, 6) is 0.695. The maximum Gasteiger partial charge on any atom is 0.311 e. The first kappa shape index (κ1) is 17.5. The van der Waals surface area contributed by atoms with Crippen LogP contribution in [0.15, 0.2) is 18.2 Å². The molecule has 0 bridgehead atoms. The molecule has 1 aromatic rings. The average Bonchev–Trinajstić information content (AvgIpc) is 3.29. The van der Waals surface area contributed by atoms with Gasteiger partial charge in [-0.15, -0.1) is 0 Å². The summed E-state index contributed by atoms with van der Waals surface area (Å²) in [5, 5.41) is 2.85. The molecule has 0 aliphatic heterocycles. The van der Waals surface area contributed by atoms with Gasteiger partial charge >= 0.3 is 5.97 Å². The van der Waals surface area contributed by atoms with Gasteiger partial charge in [-0.2, -0.15) is 0 Å². The Morgan fingerprint density at radius 3 is 2.52 bits per heavy atom. The molecule has 4 heteroatoms. The van der Waals surface area contributed by atoms with Crippen LogP contribution < -0.4 is 10.1 Å². The van der Waals surface area contributed by atoms with Gasteiger partial charge in [0.25, 0.3) is 0 Å². The summed E-state index contributed by atoms with van der Waals surface area (Å²) in [6, 6.07) is 5.94. The number of rotatable bonds is 6. The Morgan fingerprint density at radius 1 is 1.26 bits per heavy atom. The Kier molecular flexibility index (Phi) is 5.45. The predicted octanol–water partition coefficient (Wildman–Crippen LogP) is 3.50. The third-order valence-electron chi connectivity index (χ3n) is 4.07. The van der Waals surface area contributed by atoms with Crippen LogP contribution in [0.2, 0.25) is 0 Å². The molecule has 1 amide bonds. The molecule has 126 valence electrons. The van der Waals surface area contributed by atoms with E-state index in [-0.39, 0.29) is 23.2 Å². The van der Waals surface area contributed by atoms with Crippen molar-refractivity contribution < 1.29 is 14.3 Å². The third kappa shape index (κ3) is 5.38. The van der Waals surface area contributed by atoms with E-state index in [4.69, 9.17) is 4.74 Å². The highest BCUT2D eigenvalue weighted by atomic mass is 16.5. The van der Waals surface area contributed by atoms with Gasteiger partial charge in [0, 0.05) is 18.9 Å². The second-order valence-electron chi connectivity index (χ2n) is 7.37. The number of carbonyl (C=O) groups excluding carboxylic acids is 2. The van der Waals surface area contributed by atoms with Crippen molar-refractivity contribution in [3.05, 3.63) is 29.3 Å². The van der Waals surface area contributed by atoms with Crippen molar-refractivity contribution >= 4 is 11.9 Å². The van der Waals surface area contributed by atoms with Crippen LogP contribution in [-0.4, -0.2) is 18.4 Å². The van der Waals surface area contributed by atoms with Crippen molar-refractivity contribution in [3.8, 4) is 5.75 Å². The molecule has 1 saturated carbocycles. The molecule has 4 nitrogen and oxygen atoms in total. The topological polar surface area (TPSA) is 55.4 Å². The van der Waals surface area contributed by atoms with E-state index in [0.29, 0.717) is 25.1 Å². The summed E-state index contributed by atoms with van der Waals surface area (Å²) < 4.78 is 5.43. The Morgan fingerprint density at radius 2 is 1.96 bits per heavy atom. The number of benzene rings is 1. The first-order valence-corrected chi connectivity index (χ1v) is 8.37. The highest BCUT2D eigenvalue weighted by molar-refractivity contribution is 5.80. The van der Waals surface area contributed by atoms with Gasteiger partial charge in [-0.25, -0.2) is 0 Å². The number of amides is 1. The van der Waals surface area contributed by atoms with E-state index in [1.165, 1.54) is 5.56 Å². The lowest BCUT2D eigenvalue weighted by Crippen LogP contribution is -2.26. The number of hydrogen-bond donors (Lipinski definition) is 1. The first-order chi connectivity index (χ1) is 10.8. The van der Waals surface area contributed by atoms with E-state index in [2.05, 4.69) is 32.2 Å². The monoisotopic (exact) mass is 317 g/mol. The normalized spacial score (nSPS) is 14.4. The molecular weight excluding hydrogens is 290 g/mol. The molecule has 1 aliphatic rings. The standard InChI is InChI=1S/C19H27NO3/c1-13-12-15(19(2,3)4)9-10-16(13)23-17(21)6-5-11-20-18(22)14-7-8-14/h9-10,12,14H,5-8,11H2,1-4H3,(H,20,22). The largest absolute Gasteiger partial charge is 0.426 e. The summed E-state index contributed by atoms with van der Waals surface area (Å²) in [6.07, 6.45) is 2.91. The molecule has 0 radical (unpaired) electrons. The van der Waals surface area contributed by atoms with Gasteiger partial charge < -0.3 is 10.1 Å². The fraction of sp³-hybridized carbons (Fsp3) is 0.579. The maximum atomic E-state index is 11.9. The molecule has 0 unspecified atom stereocenters. The van der Waals surface area contributed by atoms with Gasteiger partial charge in [0.15, 0.2) is 0 Å². The Labute approximate surface area is 138 Å². The Hall–Kier alpha value is -1.84. The molecule has 23 heavy (non-hydrogen) atoms. The summed E-state index contributed by atoms with van der Waals surface area (Å²) in [4.78, 5) is 23.4. The number of ether oxygens (including phenoxy) is 1. The van der Waals surface area contributed by atoms with Crippen LogP contribution in [0, 0.1) is 12.8 Å². The predicted molar refractivity (Wildman–Crippen MR) is 90.5 cm³/mol. The molecule has 0 spiro atoms. The van der Waals surface area contributed by atoms with Crippen molar-refractivity contribution in [1.29, 1.82) is 0 Å². The Bertz CT molecular complexity index is 583. The molecule has 0 atom stereocenters. The molecule has 0 heterocycles. The molecule has 2 rings (SSSR count). The van der Waals surface area contributed by atoms with Gasteiger partial charge in [0.2, 0.25) is 5.91 Å². The summed E-state index contributed by atoms with van der Waals surface area (Å²) in [5.41, 5.74) is 2.26. The quantitative estimate of drug-likeness (QED) is 0.496. The van der Waals surface area contributed by atoms with E-state index in [0.717, 1.165) is 18.4 Å². The SMILES string of the molecule is Cc1cc(C(C)(C)C)ccc1OC(=O)CCCNC(=O)C1CC1. The lowest BCUT2D eigenvalue weighted by Gasteiger charge is -2.20. The second-order valence-corrected chi connectivity index (χ2v) is 7.37. The molecule has 0 saturated heterocycles. The lowest BCUT2D eigenvalue weighted by molar-refractivity contribution is -0.134. The van der Waals surface area contributed by atoms with Gasteiger partial charge in [0.05, 0.1) is 0 Å². The molecule has 0 aromatic heterocycles. The smallest absolute Gasteiger partial charge is 0.311 e. The minimum Gasteiger partial charge on any atom is -0.426 e. The third-order valence-corrected chi connectivity index (χ3v) is 4.07. The van der Waals surface area contributed by atoms with Crippen LogP contribution in [0.25, 0.3) is 0 Å². The van der Waals surface area contributed by atoms with Crippen LogP contribution in [0.1, 0.15) is 57.6 Å². The fourth-order valence-electron chi connectivity index (χ4n) is 2.34. The zero-order chi connectivity index (χ0) is 17.0. The van der Waals surface area contributed by atoms with Crippen LogP contribution in [-0.2, 0) is 15.0 Å². The highest BCUT2D eigenvalue weighted by Crippen LogP contribution is 2.29. The first-order valence-electron chi connectivity index (χ1n) is 8.37. The zero-order valence-electron chi connectivity index (χ0n) is 14.6. The van der Waals surface area contributed by atoms with E-state index in [1.54, 1.807) is 0 Å². The van der Waals surface area contributed by atoms with E-state index >= 15 is 0 Å². The summed E-state index contributed by atoms with van der Waals surface area (Å²) in [6.45, 7) is 8.95. The van der Waals surface area contributed by atoms with Crippen LogP contribution in [0.3, 0.4) is 0 Å². The van der Waals surface area contributed by atoms with E-state index in [1.807, 2.05) is 19.1 Å². The fourth-order valence-corrected chi connectivity index (χ4v) is 2.34. The number of nitrogens with one attached hydrogen (secondary N) is 1. The average molecular weight is 317 g/mol.